The van der Waals surface area contributed by atoms with Gasteiger partial charge in [-0.15, -0.1) is 0 Å². The summed E-state index contributed by atoms with van der Waals surface area (Å²) in [4.78, 5) is 2.41. The highest BCUT2D eigenvalue weighted by Crippen LogP contribution is 2.34. The predicted octanol–water partition coefficient (Wildman–Crippen LogP) is 3.20. The monoisotopic (exact) mass is 302 g/mol. The Bertz CT molecular complexity index is 383. The van der Waals surface area contributed by atoms with Crippen LogP contribution in [0.3, 0.4) is 0 Å². The Morgan fingerprint density at radius 2 is 2.31 bits per heavy atom. The number of likely N-dealkylation sites (N-methyl/N-ethyl adjacent to an activating group) is 1. The quantitative estimate of drug-likeness (QED) is 0.909. The Balaban J connectivity index is 2.31. The van der Waals surface area contributed by atoms with E-state index in [1.54, 1.807) is 0 Å². The van der Waals surface area contributed by atoms with Gasteiger partial charge in [-0.25, -0.2) is 0 Å². The van der Waals surface area contributed by atoms with Crippen molar-refractivity contribution in [3.63, 3.8) is 0 Å². The fourth-order valence-corrected chi connectivity index (χ4v) is 2.83. The minimum Gasteiger partial charge on any atom is -0.326 e. The van der Waals surface area contributed by atoms with Gasteiger partial charge in [-0.1, -0.05) is 24.6 Å². The van der Waals surface area contributed by atoms with Gasteiger partial charge in [0.2, 0.25) is 0 Å². The van der Waals surface area contributed by atoms with Crippen molar-refractivity contribution < 1.29 is 0 Å². The van der Waals surface area contributed by atoms with Gasteiger partial charge in [0.05, 0.1) is 5.02 Å². The van der Waals surface area contributed by atoms with E-state index >= 15 is 0 Å². The second-order valence-corrected chi connectivity index (χ2v) is 5.46. The van der Waals surface area contributed by atoms with E-state index in [9.17, 15) is 0 Å². The summed E-state index contributed by atoms with van der Waals surface area (Å²) in [5.74, 6) is 0. The number of halogens is 2. The third-order valence-electron chi connectivity index (χ3n) is 3.24. The molecule has 0 radical (unpaired) electrons. The van der Waals surface area contributed by atoms with Gasteiger partial charge in [0, 0.05) is 23.1 Å². The van der Waals surface area contributed by atoms with Crippen molar-refractivity contribution in [2.24, 2.45) is 5.73 Å². The molecule has 2 N–H and O–H groups in total. The Hall–Kier alpha value is -0.0900. The first-order valence-corrected chi connectivity index (χ1v) is 6.75. The Kier molecular flexibility index (Phi) is 3.90. The molecule has 1 saturated heterocycles. The molecule has 88 valence electrons. The SMILES string of the molecule is CCN1CCC(N)C1c1ccc(Br)c(Cl)c1. The van der Waals surface area contributed by atoms with E-state index in [0.717, 1.165) is 29.0 Å². The number of likely N-dealkylation sites (tertiary alicyclic amines) is 1. The standard InChI is InChI=1S/C12H16BrClN2/c1-2-16-6-5-11(15)12(16)8-3-4-9(13)10(14)7-8/h3-4,7,11-12H,2,5-6,15H2,1H3. The van der Waals surface area contributed by atoms with Crippen molar-refractivity contribution >= 4 is 27.5 Å². The van der Waals surface area contributed by atoms with Crippen LogP contribution in [-0.4, -0.2) is 24.0 Å². The Labute approximate surface area is 110 Å². The zero-order chi connectivity index (χ0) is 11.7. The molecule has 2 atom stereocenters. The molecule has 0 bridgehead atoms. The number of hydrogen-bond donors (Lipinski definition) is 1. The van der Waals surface area contributed by atoms with Crippen LogP contribution in [0.5, 0.6) is 0 Å². The van der Waals surface area contributed by atoms with Crippen molar-refractivity contribution in [1.82, 2.24) is 4.90 Å². The third kappa shape index (κ3) is 2.28. The van der Waals surface area contributed by atoms with E-state index in [1.807, 2.05) is 12.1 Å². The van der Waals surface area contributed by atoms with Crippen molar-refractivity contribution in [3.8, 4) is 0 Å². The minimum absolute atomic E-state index is 0.220. The molecule has 4 heteroatoms. The van der Waals surface area contributed by atoms with Gasteiger partial charge in [0.1, 0.15) is 0 Å². The molecule has 1 aromatic carbocycles. The van der Waals surface area contributed by atoms with Crippen LogP contribution < -0.4 is 5.73 Å². The molecule has 1 aliphatic rings. The van der Waals surface area contributed by atoms with E-state index < -0.39 is 0 Å². The molecule has 2 rings (SSSR count). The van der Waals surface area contributed by atoms with Crippen molar-refractivity contribution in [2.75, 3.05) is 13.1 Å². The highest BCUT2D eigenvalue weighted by molar-refractivity contribution is 9.10. The molecule has 1 heterocycles. The van der Waals surface area contributed by atoms with E-state index in [1.165, 1.54) is 5.56 Å². The van der Waals surface area contributed by atoms with Gasteiger partial charge < -0.3 is 5.73 Å². The smallest absolute Gasteiger partial charge is 0.0551 e. The average molecular weight is 304 g/mol. The molecular formula is C12H16BrClN2. The summed E-state index contributed by atoms with van der Waals surface area (Å²) in [6.07, 6.45) is 1.06. The van der Waals surface area contributed by atoms with E-state index in [0.29, 0.717) is 6.04 Å². The van der Waals surface area contributed by atoms with E-state index in [4.69, 9.17) is 17.3 Å². The number of nitrogens with two attached hydrogens (primary N) is 1. The lowest BCUT2D eigenvalue weighted by molar-refractivity contribution is 0.261. The van der Waals surface area contributed by atoms with Crippen LogP contribution in [0.4, 0.5) is 0 Å². The molecule has 16 heavy (non-hydrogen) atoms. The lowest BCUT2D eigenvalue weighted by Gasteiger charge is -2.26. The fraction of sp³-hybridized carbons (Fsp3) is 0.500. The number of rotatable bonds is 2. The first kappa shape index (κ1) is 12.4. The zero-order valence-electron chi connectivity index (χ0n) is 9.29. The van der Waals surface area contributed by atoms with Crippen LogP contribution in [0.1, 0.15) is 24.9 Å². The first-order valence-electron chi connectivity index (χ1n) is 5.58. The lowest BCUT2D eigenvalue weighted by Crippen LogP contribution is -2.31. The van der Waals surface area contributed by atoms with Crippen molar-refractivity contribution in [3.05, 3.63) is 33.3 Å². The van der Waals surface area contributed by atoms with Crippen LogP contribution in [-0.2, 0) is 0 Å². The maximum absolute atomic E-state index is 6.17. The molecule has 2 unspecified atom stereocenters. The second-order valence-electron chi connectivity index (χ2n) is 4.20. The summed E-state index contributed by atoms with van der Waals surface area (Å²) in [6, 6.07) is 6.66. The van der Waals surface area contributed by atoms with Crippen molar-refractivity contribution in [2.45, 2.75) is 25.4 Å². The normalized spacial score (nSPS) is 26.2. The molecule has 0 spiro atoms. The number of benzene rings is 1. The van der Waals surface area contributed by atoms with E-state index in [-0.39, 0.29) is 6.04 Å². The average Bonchev–Trinajstić information content (AvgIpc) is 2.64. The predicted molar refractivity (Wildman–Crippen MR) is 71.7 cm³/mol. The maximum atomic E-state index is 6.17. The summed E-state index contributed by atoms with van der Waals surface area (Å²) in [5.41, 5.74) is 7.39. The molecule has 0 aromatic heterocycles. The second kappa shape index (κ2) is 5.05. The molecule has 0 aliphatic carbocycles. The minimum atomic E-state index is 0.220. The Morgan fingerprint density at radius 3 is 2.94 bits per heavy atom. The topological polar surface area (TPSA) is 29.3 Å². The van der Waals surface area contributed by atoms with Gasteiger partial charge in [0.25, 0.3) is 0 Å². The molecule has 1 aliphatic heterocycles. The number of nitrogens with zero attached hydrogens (tertiary/aromatic N) is 1. The summed E-state index contributed by atoms with van der Waals surface area (Å²) in [7, 11) is 0. The fourth-order valence-electron chi connectivity index (χ4n) is 2.39. The van der Waals surface area contributed by atoms with Gasteiger partial charge in [-0.05, 0) is 46.6 Å². The van der Waals surface area contributed by atoms with Crippen molar-refractivity contribution in [1.29, 1.82) is 0 Å². The molecule has 2 nitrogen and oxygen atoms in total. The first-order chi connectivity index (χ1) is 7.63. The van der Waals surface area contributed by atoms with Gasteiger partial charge >= 0.3 is 0 Å². The zero-order valence-corrected chi connectivity index (χ0v) is 11.6. The van der Waals surface area contributed by atoms with E-state index in [2.05, 4.69) is 33.8 Å². The maximum Gasteiger partial charge on any atom is 0.0551 e. The van der Waals surface area contributed by atoms with Crippen LogP contribution in [0.2, 0.25) is 5.02 Å². The summed E-state index contributed by atoms with van der Waals surface area (Å²) < 4.78 is 0.938. The summed E-state index contributed by atoms with van der Waals surface area (Å²) >= 11 is 9.53. The highest BCUT2D eigenvalue weighted by atomic mass is 79.9. The molecule has 1 fully saturated rings. The molecular weight excluding hydrogens is 288 g/mol. The van der Waals surface area contributed by atoms with Crippen LogP contribution in [0.25, 0.3) is 0 Å². The van der Waals surface area contributed by atoms with Crippen LogP contribution in [0.15, 0.2) is 22.7 Å². The van der Waals surface area contributed by atoms with Gasteiger partial charge in [-0.2, -0.15) is 0 Å². The highest BCUT2D eigenvalue weighted by Gasteiger charge is 2.31. The number of hydrogen-bond acceptors (Lipinski definition) is 2. The molecule has 0 amide bonds. The summed E-state index contributed by atoms with van der Waals surface area (Å²) in [5, 5.41) is 0.757. The molecule has 0 saturated carbocycles. The third-order valence-corrected chi connectivity index (χ3v) is 4.47. The molecule has 1 aromatic rings. The Morgan fingerprint density at radius 1 is 1.56 bits per heavy atom. The lowest BCUT2D eigenvalue weighted by atomic mass is 10.0. The van der Waals surface area contributed by atoms with Gasteiger partial charge in [0.15, 0.2) is 0 Å². The van der Waals surface area contributed by atoms with Crippen LogP contribution >= 0.6 is 27.5 Å². The summed E-state index contributed by atoms with van der Waals surface area (Å²) in [6.45, 7) is 4.29. The van der Waals surface area contributed by atoms with Gasteiger partial charge in [-0.3, -0.25) is 4.90 Å². The largest absolute Gasteiger partial charge is 0.326 e. The van der Waals surface area contributed by atoms with Crippen LogP contribution in [0, 0.1) is 0 Å².